The van der Waals surface area contributed by atoms with Crippen molar-refractivity contribution in [1.82, 2.24) is 5.32 Å². The van der Waals surface area contributed by atoms with Gasteiger partial charge in [0.15, 0.2) is 6.23 Å². The van der Waals surface area contributed by atoms with Gasteiger partial charge >= 0.3 is 6.09 Å². The first-order chi connectivity index (χ1) is 6.91. The van der Waals surface area contributed by atoms with E-state index in [1.807, 2.05) is 0 Å². The largest absolute Gasteiger partial charge is 0.450 e. The Kier molecular flexibility index (Phi) is 7.83. The Hall–Kier alpha value is 0.390. The molecule has 0 aromatic carbocycles. The summed E-state index contributed by atoms with van der Waals surface area (Å²) in [6.45, 7) is 2.02. The molecule has 0 aliphatic rings. The lowest BCUT2D eigenvalue weighted by Crippen LogP contribution is -2.46. The standard InChI is InChI=1S/C7H11Cl4NO3/c1-2-14-6(13)12-5(7(9,10)11)15-4-3-8/h5H,2-4H2,1H3,(H,12,13). The molecule has 0 bridgehead atoms. The number of halogens is 4. The topological polar surface area (TPSA) is 47.6 Å². The summed E-state index contributed by atoms with van der Waals surface area (Å²) in [6.07, 6.45) is -1.82. The van der Waals surface area contributed by atoms with E-state index in [4.69, 9.17) is 51.1 Å². The van der Waals surface area contributed by atoms with Crippen LogP contribution in [-0.4, -0.2) is 35.2 Å². The smallest absolute Gasteiger partial charge is 0.409 e. The van der Waals surface area contributed by atoms with Crippen LogP contribution in [0.1, 0.15) is 6.92 Å². The molecule has 0 fully saturated rings. The number of alkyl halides is 4. The predicted molar refractivity (Wildman–Crippen MR) is 60.9 cm³/mol. The molecule has 0 saturated carbocycles. The lowest BCUT2D eigenvalue weighted by Gasteiger charge is -2.24. The molecule has 0 radical (unpaired) electrons. The van der Waals surface area contributed by atoms with Crippen LogP contribution in [0, 0.1) is 0 Å². The molecule has 0 spiro atoms. The van der Waals surface area contributed by atoms with Crippen LogP contribution in [0.2, 0.25) is 0 Å². The van der Waals surface area contributed by atoms with Crippen LogP contribution in [0.3, 0.4) is 0 Å². The minimum Gasteiger partial charge on any atom is -0.450 e. The van der Waals surface area contributed by atoms with Gasteiger partial charge in [0.05, 0.1) is 13.2 Å². The van der Waals surface area contributed by atoms with Crippen molar-refractivity contribution in [3.63, 3.8) is 0 Å². The summed E-state index contributed by atoms with van der Waals surface area (Å²) in [5, 5.41) is 2.25. The minimum atomic E-state index is -1.78. The van der Waals surface area contributed by atoms with E-state index in [-0.39, 0.29) is 19.1 Å². The molecule has 15 heavy (non-hydrogen) atoms. The average Bonchev–Trinajstić information content (AvgIpc) is 2.10. The number of carbonyl (C=O) groups is 1. The van der Waals surface area contributed by atoms with Crippen molar-refractivity contribution in [2.24, 2.45) is 0 Å². The lowest BCUT2D eigenvalue weighted by atomic mass is 10.6. The second-order valence-corrected chi connectivity index (χ2v) is 5.09. The van der Waals surface area contributed by atoms with E-state index >= 15 is 0 Å². The van der Waals surface area contributed by atoms with E-state index in [0.717, 1.165) is 0 Å². The molecular formula is C7H11Cl4NO3. The minimum absolute atomic E-state index is 0.145. The fourth-order valence-corrected chi connectivity index (χ4v) is 1.10. The zero-order chi connectivity index (χ0) is 11.9. The van der Waals surface area contributed by atoms with E-state index in [2.05, 4.69) is 10.1 Å². The van der Waals surface area contributed by atoms with Gasteiger partial charge in [-0.1, -0.05) is 34.8 Å². The molecule has 0 aliphatic heterocycles. The number of ether oxygens (including phenoxy) is 2. The van der Waals surface area contributed by atoms with Crippen molar-refractivity contribution in [1.29, 1.82) is 0 Å². The summed E-state index contributed by atoms with van der Waals surface area (Å²) in [5.74, 6) is 0.224. The summed E-state index contributed by atoms with van der Waals surface area (Å²) < 4.78 is 7.86. The molecule has 1 N–H and O–H groups in total. The molecule has 0 saturated heterocycles. The zero-order valence-corrected chi connectivity index (χ0v) is 11.0. The lowest BCUT2D eigenvalue weighted by molar-refractivity contribution is 0.0377. The van der Waals surface area contributed by atoms with Crippen molar-refractivity contribution in [2.75, 3.05) is 19.1 Å². The Morgan fingerprint density at radius 3 is 2.47 bits per heavy atom. The van der Waals surface area contributed by atoms with Crippen LogP contribution >= 0.6 is 46.4 Å². The second kappa shape index (κ2) is 7.63. The fraction of sp³-hybridized carbons (Fsp3) is 0.857. The number of hydrogen-bond acceptors (Lipinski definition) is 3. The van der Waals surface area contributed by atoms with E-state index < -0.39 is 16.1 Å². The number of rotatable bonds is 5. The third-order valence-electron chi connectivity index (χ3n) is 1.18. The number of nitrogens with one attached hydrogen (secondary N) is 1. The molecule has 1 atom stereocenters. The predicted octanol–water partition coefficient (Wildman–Crippen LogP) is 2.68. The quantitative estimate of drug-likeness (QED) is 0.627. The Labute approximate surface area is 108 Å². The van der Waals surface area contributed by atoms with E-state index in [1.54, 1.807) is 6.92 Å². The van der Waals surface area contributed by atoms with Crippen LogP contribution in [0.5, 0.6) is 0 Å². The molecule has 8 heteroatoms. The number of amides is 1. The van der Waals surface area contributed by atoms with Gasteiger partial charge in [-0.05, 0) is 6.92 Å². The van der Waals surface area contributed by atoms with Crippen molar-refractivity contribution < 1.29 is 14.3 Å². The highest BCUT2D eigenvalue weighted by Gasteiger charge is 2.35. The van der Waals surface area contributed by atoms with Crippen molar-refractivity contribution in [2.45, 2.75) is 16.9 Å². The van der Waals surface area contributed by atoms with E-state index in [0.29, 0.717) is 0 Å². The molecule has 0 aromatic rings. The van der Waals surface area contributed by atoms with Crippen LogP contribution in [-0.2, 0) is 9.47 Å². The summed E-state index contributed by atoms with van der Waals surface area (Å²) in [5.41, 5.74) is 0. The summed E-state index contributed by atoms with van der Waals surface area (Å²) in [7, 11) is 0. The first kappa shape index (κ1) is 15.4. The van der Waals surface area contributed by atoms with Crippen LogP contribution < -0.4 is 5.32 Å². The van der Waals surface area contributed by atoms with Gasteiger partial charge in [0.1, 0.15) is 0 Å². The van der Waals surface area contributed by atoms with Crippen LogP contribution in [0.15, 0.2) is 0 Å². The van der Waals surface area contributed by atoms with Gasteiger partial charge in [-0.25, -0.2) is 4.79 Å². The van der Waals surface area contributed by atoms with Crippen LogP contribution in [0.4, 0.5) is 4.79 Å². The number of hydrogen-bond donors (Lipinski definition) is 1. The molecule has 0 aromatic heterocycles. The Morgan fingerprint density at radius 1 is 1.47 bits per heavy atom. The van der Waals surface area contributed by atoms with Crippen LogP contribution in [0.25, 0.3) is 0 Å². The highest BCUT2D eigenvalue weighted by molar-refractivity contribution is 6.68. The normalized spacial score (nSPS) is 13.4. The van der Waals surface area contributed by atoms with E-state index in [1.165, 1.54) is 0 Å². The van der Waals surface area contributed by atoms with Crippen molar-refractivity contribution in [3.8, 4) is 0 Å². The first-order valence-corrected chi connectivity index (χ1v) is 5.76. The molecule has 4 nitrogen and oxygen atoms in total. The Bertz CT molecular complexity index is 197. The third kappa shape index (κ3) is 7.30. The van der Waals surface area contributed by atoms with Gasteiger partial charge in [-0.3, -0.25) is 5.32 Å². The Morgan fingerprint density at radius 2 is 2.07 bits per heavy atom. The van der Waals surface area contributed by atoms with Gasteiger partial charge in [0, 0.05) is 5.88 Å². The average molecular weight is 299 g/mol. The molecule has 90 valence electrons. The molecular weight excluding hydrogens is 288 g/mol. The van der Waals surface area contributed by atoms with Crippen molar-refractivity contribution in [3.05, 3.63) is 0 Å². The van der Waals surface area contributed by atoms with Gasteiger partial charge in [0.25, 0.3) is 0 Å². The summed E-state index contributed by atoms with van der Waals surface area (Å²) >= 11 is 22.1. The fourth-order valence-electron chi connectivity index (χ4n) is 0.660. The third-order valence-corrected chi connectivity index (χ3v) is 1.93. The molecule has 0 rings (SSSR count). The molecule has 1 amide bonds. The van der Waals surface area contributed by atoms with Gasteiger partial charge in [-0.15, -0.1) is 11.6 Å². The summed E-state index contributed by atoms with van der Waals surface area (Å²) in [6, 6.07) is 0. The SMILES string of the molecule is CCOC(=O)NC(OCCCl)C(Cl)(Cl)Cl. The number of carbonyl (C=O) groups excluding carboxylic acids is 1. The zero-order valence-electron chi connectivity index (χ0n) is 7.94. The molecule has 1 unspecified atom stereocenters. The molecule has 0 heterocycles. The highest BCUT2D eigenvalue weighted by atomic mass is 35.6. The maximum absolute atomic E-state index is 11.0. The van der Waals surface area contributed by atoms with Gasteiger partial charge in [0.2, 0.25) is 3.79 Å². The highest BCUT2D eigenvalue weighted by Crippen LogP contribution is 2.30. The monoisotopic (exact) mass is 297 g/mol. The molecule has 0 aliphatic carbocycles. The van der Waals surface area contributed by atoms with Gasteiger partial charge < -0.3 is 9.47 Å². The van der Waals surface area contributed by atoms with E-state index in [9.17, 15) is 4.79 Å². The Balaban J connectivity index is 4.18. The second-order valence-electron chi connectivity index (χ2n) is 2.35. The maximum atomic E-state index is 11.0. The summed E-state index contributed by atoms with van der Waals surface area (Å²) in [4.78, 5) is 11.0. The van der Waals surface area contributed by atoms with Crippen molar-refractivity contribution >= 4 is 52.5 Å². The number of alkyl carbamates (subject to hydrolysis) is 1. The van der Waals surface area contributed by atoms with Gasteiger partial charge in [-0.2, -0.15) is 0 Å². The maximum Gasteiger partial charge on any atom is 0.409 e. The first-order valence-electron chi connectivity index (χ1n) is 4.09.